The molecule has 7 nitrogen and oxygen atoms in total. The summed E-state index contributed by atoms with van der Waals surface area (Å²) in [6.45, 7) is 2.63. The van der Waals surface area contributed by atoms with E-state index in [1.807, 2.05) is 6.92 Å². The maximum absolute atomic E-state index is 12.1. The van der Waals surface area contributed by atoms with E-state index in [1.54, 1.807) is 43.3 Å². The van der Waals surface area contributed by atoms with Gasteiger partial charge in [0, 0.05) is 18.8 Å². The normalized spacial score (nSPS) is 10.0. The number of hydrogen-bond acceptors (Lipinski definition) is 5. The van der Waals surface area contributed by atoms with Gasteiger partial charge < -0.3 is 14.8 Å². The van der Waals surface area contributed by atoms with Crippen molar-refractivity contribution in [3.63, 3.8) is 0 Å². The number of thiocarbonyl (C=S) groups is 1. The molecule has 1 aromatic carbocycles. The predicted molar refractivity (Wildman–Crippen MR) is 91.1 cm³/mol. The number of carbonyl (C=O) groups is 1. The average Bonchev–Trinajstić information content (AvgIpc) is 3.03. The molecule has 0 radical (unpaired) electrons. The average molecular weight is 334 g/mol. The molecule has 0 saturated heterocycles. The van der Waals surface area contributed by atoms with Gasteiger partial charge in [-0.05, 0) is 31.3 Å². The summed E-state index contributed by atoms with van der Waals surface area (Å²) < 4.78 is 12.1. The molecule has 1 heterocycles. The molecule has 0 unspecified atom stereocenters. The molecule has 0 spiro atoms. The third-order valence-electron chi connectivity index (χ3n) is 3.10. The molecule has 8 heteroatoms. The van der Waals surface area contributed by atoms with Gasteiger partial charge in [-0.2, -0.15) is 5.10 Å². The fourth-order valence-corrected chi connectivity index (χ4v) is 2.10. The van der Waals surface area contributed by atoms with Crippen molar-refractivity contribution in [2.24, 2.45) is 0 Å². The summed E-state index contributed by atoms with van der Waals surface area (Å²) in [7, 11) is 3.12. The molecule has 0 saturated carbocycles. The van der Waals surface area contributed by atoms with Crippen LogP contribution in [0.4, 0.5) is 5.69 Å². The largest absolute Gasteiger partial charge is 0.497 e. The van der Waals surface area contributed by atoms with E-state index in [9.17, 15) is 4.79 Å². The smallest absolute Gasteiger partial charge is 0.260 e. The number of methoxy groups -OCH3 is 2. The third kappa shape index (κ3) is 4.19. The zero-order chi connectivity index (χ0) is 16.8. The lowest BCUT2D eigenvalue weighted by Gasteiger charge is -2.13. The van der Waals surface area contributed by atoms with Gasteiger partial charge in [0.05, 0.1) is 31.7 Å². The fourth-order valence-electron chi connectivity index (χ4n) is 1.89. The highest BCUT2D eigenvalue weighted by molar-refractivity contribution is 7.80. The molecule has 23 heavy (non-hydrogen) atoms. The number of aromatic nitrogens is 2. The highest BCUT2D eigenvalue weighted by Gasteiger charge is 2.12. The highest BCUT2D eigenvalue weighted by atomic mass is 32.1. The number of ether oxygens (including phenoxy) is 2. The maximum Gasteiger partial charge on any atom is 0.260 e. The van der Waals surface area contributed by atoms with Crippen molar-refractivity contribution < 1.29 is 14.3 Å². The molecule has 0 fully saturated rings. The molecule has 122 valence electrons. The number of rotatable bonds is 5. The molecular weight excluding hydrogens is 316 g/mol. The Labute approximate surface area is 139 Å². The van der Waals surface area contributed by atoms with Crippen molar-refractivity contribution in [1.29, 1.82) is 0 Å². The Morgan fingerprint density at radius 3 is 2.74 bits per heavy atom. The second-order valence-electron chi connectivity index (χ2n) is 4.56. The van der Waals surface area contributed by atoms with Gasteiger partial charge in [-0.15, -0.1) is 0 Å². The second-order valence-corrected chi connectivity index (χ2v) is 4.97. The minimum absolute atomic E-state index is 0.158. The lowest BCUT2D eigenvalue weighted by Crippen LogP contribution is -2.34. The van der Waals surface area contributed by atoms with Gasteiger partial charge in [0.2, 0.25) is 0 Å². The van der Waals surface area contributed by atoms with E-state index < -0.39 is 0 Å². The van der Waals surface area contributed by atoms with Crippen LogP contribution in [-0.2, 0) is 6.54 Å². The summed E-state index contributed by atoms with van der Waals surface area (Å²) in [5, 5.41) is 9.74. The standard InChI is InChI=1S/C15H18N4O3S/c1-4-19-9-10(8-16-19)14(20)18-15(23)17-12-7-11(21-2)5-6-13(12)22-3/h5-9H,4H2,1-3H3,(H2,17,18,20,23). The van der Waals surface area contributed by atoms with E-state index in [0.717, 1.165) is 0 Å². The zero-order valence-electron chi connectivity index (χ0n) is 13.1. The molecule has 0 aliphatic heterocycles. The summed E-state index contributed by atoms with van der Waals surface area (Å²) in [5.74, 6) is 0.900. The van der Waals surface area contributed by atoms with Crippen LogP contribution in [0.3, 0.4) is 0 Å². The zero-order valence-corrected chi connectivity index (χ0v) is 13.9. The van der Waals surface area contributed by atoms with E-state index in [4.69, 9.17) is 21.7 Å². The number of nitrogens with one attached hydrogen (secondary N) is 2. The van der Waals surface area contributed by atoms with Gasteiger partial charge in [-0.1, -0.05) is 0 Å². The topological polar surface area (TPSA) is 77.4 Å². The Morgan fingerprint density at radius 1 is 1.35 bits per heavy atom. The molecule has 2 rings (SSSR count). The summed E-state index contributed by atoms with van der Waals surface area (Å²) in [5.41, 5.74) is 1.04. The number of aryl methyl sites for hydroxylation is 1. The Hall–Kier alpha value is -2.61. The van der Waals surface area contributed by atoms with E-state index in [0.29, 0.717) is 29.3 Å². The van der Waals surface area contributed by atoms with Crippen LogP contribution >= 0.6 is 12.2 Å². The SMILES string of the molecule is CCn1cc(C(=O)NC(=S)Nc2cc(OC)ccc2OC)cn1. The van der Waals surface area contributed by atoms with Crippen molar-refractivity contribution in [2.75, 3.05) is 19.5 Å². The van der Waals surface area contributed by atoms with Crippen molar-refractivity contribution in [3.8, 4) is 11.5 Å². The molecule has 0 bridgehead atoms. The third-order valence-corrected chi connectivity index (χ3v) is 3.31. The first kappa shape index (κ1) is 16.8. The summed E-state index contributed by atoms with van der Waals surface area (Å²) >= 11 is 5.17. The number of carbonyl (C=O) groups excluding carboxylic acids is 1. The van der Waals surface area contributed by atoms with Crippen LogP contribution in [0, 0.1) is 0 Å². The predicted octanol–water partition coefficient (Wildman–Crippen LogP) is 2.05. The van der Waals surface area contributed by atoms with E-state index in [-0.39, 0.29) is 11.0 Å². The Morgan fingerprint density at radius 2 is 2.13 bits per heavy atom. The highest BCUT2D eigenvalue weighted by Crippen LogP contribution is 2.28. The maximum atomic E-state index is 12.1. The van der Waals surface area contributed by atoms with E-state index >= 15 is 0 Å². The van der Waals surface area contributed by atoms with E-state index in [1.165, 1.54) is 6.20 Å². The molecule has 2 N–H and O–H groups in total. The quantitative estimate of drug-likeness (QED) is 0.815. The van der Waals surface area contributed by atoms with Gasteiger partial charge in [-0.25, -0.2) is 0 Å². The summed E-state index contributed by atoms with van der Waals surface area (Å²) in [6, 6.07) is 5.24. The van der Waals surface area contributed by atoms with Gasteiger partial charge in [0.1, 0.15) is 11.5 Å². The van der Waals surface area contributed by atoms with Gasteiger partial charge in [0.25, 0.3) is 5.91 Å². The summed E-state index contributed by atoms with van der Waals surface area (Å²) in [4.78, 5) is 12.1. The van der Waals surface area contributed by atoms with Gasteiger partial charge in [-0.3, -0.25) is 14.8 Å². The van der Waals surface area contributed by atoms with Crippen molar-refractivity contribution >= 4 is 28.9 Å². The van der Waals surface area contributed by atoms with Gasteiger partial charge >= 0.3 is 0 Å². The Kier molecular flexibility index (Phi) is 5.53. The Bertz CT molecular complexity index is 714. The monoisotopic (exact) mass is 334 g/mol. The van der Waals surface area contributed by atoms with Crippen molar-refractivity contribution in [3.05, 3.63) is 36.2 Å². The van der Waals surface area contributed by atoms with Gasteiger partial charge in [0.15, 0.2) is 5.11 Å². The number of anilines is 1. The van der Waals surface area contributed by atoms with Crippen LogP contribution < -0.4 is 20.1 Å². The van der Waals surface area contributed by atoms with Crippen LogP contribution in [0.25, 0.3) is 0 Å². The van der Waals surface area contributed by atoms with Crippen molar-refractivity contribution in [1.82, 2.24) is 15.1 Å². The van der Waals surface area contributed by atoms with Crippen LogP contribution in [-0.4, -0.2) is 35.0 Å². The molecule has 1 amide bonds. The number of hydrogen-bond donors (Lipinski definition) is 2. The van der Waals surface area contributed by atoms with Crippen LogP contribution in [0.1, 0.15) is 17.3 Å². The first-order chi connectivity index (χ1) is 11.1. The first-order valence-electron chi connectivity index (χ1n) is 6.94. The van der Waals surface area contributed by atoms with E-state index in [2.05, 4.69) is 15.7 Å². The Balaban J connectivity index is 2.05. The molecule has 0 aliphatic rings. The lowest BCUT2D eigenvalue weighted by molar-refractivity contribution is 0.0977. The molecular formula is C15H18N4O3S. The van der Waals surface area contributed by atoms with Crippen molar-refractivity contribution in [2.45, 2.75) is 13.5 Å². The minimum atomic E-state index is -0.330. The van der Waals surface area contributed by atoms with Crippen LogP contribution in [0.15, 0.2) is 30.6 Å². The van der Waals surface area contributed by atoms with Crippen LogP contribution in [0.5, 0.6) is 11.5 Å². The molecule has 0 atom stereocenters. The minimum Gasteiger partial charge on any atom is -0.497 e. The molecule has 2 aromatic rings. The number of amides is 1. The second kappa shape index (κ2) is 7.59. The number of benzene rings is 1. The lowest BCUT2D eigenvalue weighted by atomic mass is 10.2. The fraction of sp³-hybridized carbons (Fsp3) is 0.267. The molecule has 1 aromatic heterocycles. The number of nitrogens with zero attached hydrogens (tertiary/aromatic N) is 2. The summed E-state index contributed by atoms with van der Waals surface area (Å²) in [6.07, 6.45) is 3.15. The van der Waals surface area contributed by atoms with Crippen LogP contribution in [0.2, 0.25) is 0 Å². The molecule has 0 aliphatic carbocycles. The first-order valence-corrected chi connectivity index (χ1v) is 7.35.